The van der Waals surface area contributed by atoms with Crippen LogP contribution in [0.3, 0.4) is 0 Å². The van der Waals surface area contributed by atoms with Crippen LogP contribution in [-0.2, 0) is 13.1 Å². The minimum absolute atomic E-state index is 0.325. The zero-order valence-corrected chi connectivity index (χ0v) is 15.4. The Hall–Kier alpha value is -1.69. The van der Waals surface area contributed by atoms with Gasteiger partial charge in [-0.3, -0.25) is 14.5 Å². The van der Waals surface area contributed by atoms with Crippen LogP contribution < -0.4 is 0 Å². The number of nitrogens with zero attached hydrogens (tertiary/aromatic N) is 4. The molecule has 0 unspecified atom stereocenters. The summed E-state index contributed by atoms with van der Waals surface area (Å²) < 4.78 is 2.03. The van der Waals surface area contributed by atoms with Crippen molar-refractivity contribution in [1.82, 2.24) is 19.6 Å². The summed E-state index contributed by atoms with van der Waals surface area (Å²) in [4.78, 5) is 4.62. The molecule has 0 aliphatic carbocycles. The fourth-order valence-electron chi connectivity index (χ4n) is 3.77. The first kappa shape index (κ1) is 18.1. The summed E-state index contributed by atoms with van der Waals surface area (Å²) in [5.74, 6) is 0. The zero-order chi connectivity index (χ0) is 17.6. The van der Waals surface area contributed by atoms with E-state index in [9.17, 15) is 5.11 Å². The average Bonchev–Trinajstić information content (AvgIpc) is 3.18. The lowest BCUT2D eigenvalue weighted by molar-refractivity contribution is 0.0717. The predicted octanol–water partition coefficient (Wildman–Crippen LogP) is 2.15. The van der Waals surface area contributed by atoms with Crippen LogP contribution in [0.4, 0.5) is 0 Å². The molecule has 1 aliphatic rings. The van der Waals surface area contributed by atoms with Crippen LogP contribution in [0, 0.1) is 6.92 Å². The van der Waals surface area contributed by atoms with Crippen molar-refractivity contribution in [3.05, 3.63) is 53.9 Å². The Morgan fingerprint density at radius 3 is 2.84 bits per heavy atom. The van der Waals surface area contributed by atoms with Crippen LogP contribution in [0.15, 0.2) is 42.7 Å². The largest absolute Gasteiger partial charge is 0.390 e. The molecular weight excluding hydrogens is 312 g/mol. The van der Waals surface area contributed by atoms with Gasteiger partial charge >= 0.3 is 0 Å². The molecule has 2 atom stereocenters. The van der Waals surface area contributed by atoms with Crippen LogP contribution in [-0.4, -0.2) is 63.5 Å². The van der Waals surface area contributed by atoms with Crippen molar-refractivity contribution in [2.75, 3.05) is 26.7 Å². The normalized spacial score (nSPS) is 19.6. The maximum absolute atomic E-state index is 10.5. The highest BCUT2D eigenvalue weighted by Gasteiger charge is 2.27. The van der Waals surface area contributed by atoms with Gasteiger partial charge in [0, 0.05) is 31.9 Å². The van der Waals surface area contributed by atoms with Gasteiger partial charge in [0.05, 0.1) is 18.8 Å². The number of aliphatic hydroxyl groups excluding tert-OH is 1. The number of aromatic nitrogens is 2. The molecule has 25 heavy (non-hydrogen) atoms. The third kappa shape index (κ3) is 5.39. The standard InChI is InChI=1S/C20H30N4O/c1-17-11-21-24(12-17)14-19-9-6-10-23(19)16-20(25)15-22(2)13-18-7-4-3-5-8-18/h3-5,7-8,11-12,19-20,25H,6,9-10,13-16H2,1-2H3/t19-,20-/m0/s1. The quantitative estimate of drug-likeness (QED) is 0.798. The van der Waals surface area contributed by atoms with E-state index < -0.39 is 0 Å². The van der Waals surface area contributed by atoms with Crippen LogP contribution >= 0.6 is 0 Å². The molecule has 2 aromatic rings. The van der Waals surface area contributed by atoms with Gasteiger partial charge in [0.2, 0.25) is 0 Å². The highest BCUT2D eigenvalue weighted by molar-refractivity contribution is 5.14. The second-order valence-corrected chi connectivity index (χ2v) is 7.37. The molecule has 5 heteroatoms. The van der Waals surface area contributed by atoms with Gasteiger partial charge in [0.1, 0.15) is 0 Å². The van der Waals surface area contributed by atoms with E-state index in [-0.39, 0.29) is 6.10 Å². The molecule has 1 aromatic heterocycles. The van der Waals surface area contributed by atoms with Crippen molar-refractivity contribution in [1.29, 1.82) is 0 Å². The Morgan fingerprint density at radius 1 is 1.32 bits per heavy atom. The minimum atomic E-state index is -0.325. The number of likely N-dealkylation sites (tertiary alicyclic amines) is 1. The molecule has 1 fully saturated rings. The number of hydrogen-bond acceptors (Lipinski definition) is 4. The minimum Gasteiger partial charge on any atom is -0.390 e. The van der Waals surface area contributed by atoms with Gasteiger partial charge in [-0.2, -0.15) is 5.10 Å². The first-order chi connectivity index (χ1) is 12.1. The van der Waals surface area contributed by atoms with E-state index in [4.69, 9.17) is 0 Å². The molecule has 0 radical (unpaired) electrons. The van der Waals surface area contributed by atoms with Crippen molar-refractivity contribution in [2.24, 2.45) is 0 Å². The highest BCUT2D eigenvalue weighted by Crippen LogP contribution is 2.19. The topological polar surface area (TPSA) is 44.5 Å². The predicted molar refractivity (Wildman–Crippen MR) is 100 cm³/mol. The van der Waals surface area contributed by atoms with E-state index >= 15 is 0 Å². The smallest absolute Gasteiger partial charge is 0.0793 e. The third-order valence-corrected chi connectivity index (χ3v) is 4.92. The summed E-state index contributed by atoms with van der Waals surface area (Å²) in [6, 6.07) is 10.9. The number of aliphatic hydroxyl groups is 1. The zero-order valence-electron chi connectivity index (χ0n) is 15.4. The lowest BCUT2D eigenvalue weighted by Gasteiger charge is -2.28. The van der Waals surface area contributed by atoms with Gasteiger partial charge in [0.25, 0.3) is 0 Å². The number of β-amino-alcohol motifs (C(OH)–C–C–N with tert-alkyl or cyclic N) is 1. The summed E-state index contributed by atoms with van der Waals surface area (Å²) in [5.41, 5.74) is 2.48. The second-order valence-electron chi connectivity index (χ2n) is 7.37. The van der Waals surface area contributed by atoms with E-state index in [1.807, 2.05) is 16.9 Å². The Bertz CT molecular complexity index is 642. The molecule has 0 saturated carbocycles. The van der Waals surface area contributed by atoms with Crippen molar-refractivity contribution in [3.63, 3.8) is 0 Å². The summed E-state index contributed by atoms with van der Waals surface area (Å²) in [6.07, 6.45) is 6.07. The highest BCUT2D eigenvalue weighted by atomic mass is 16.3. The lowest BCUT2D eigenvalue weighted by atomic mass is 10.2. The molecule has 1 aliphatic heterocycles. The van der Waals surface area contributed by atoms with Crippen LogP contribution in [0.25, 0.3) is 0 Å². The maximum Gasteiger partial charge on any atom is 0.0793 e. The van der Waals surface area contributed by atoms with E-state index in [0.717, 1.165) is 26.2 Å². The maximum atomic E-state index is 10.5. The number of likely N-dealkylation sites (N-methyl/N-ethyl adjacent to an activating group) is 1. The van der Waals surface area contributed by atoms with Gasteiger partial charge in [-0.25, -0.2) is 0 Å². The molecule has 136 valence electrons. The van der Waals surface area contributed by atoms with Gasteiger partial charge in [-0.05, 0) is 44.5 Å². The van der Waals surface area contributed by atoms with E-state index in [1.165, 1.54) is 24.0 Å². The Balaban J connectivity index is 1.47. The molecule has 0 amide bonds. The SMILES string of the molecule is Cc1cnn(C[C@@H]2CCCN2C[C@@H](O)CN(C)Cc2ccccc2)c1. The Morgan fingerprint density at radius 2 is 2.12 bits per heavy atom. The van der Waals surface area contributed by atoms with Crippen LogP contribution in [0.2, 0.25) is 0 Å². The van der Waals surface area contributed by atoms with E-state index in [0.29, 0.717) is 12.6 Å². The van der Waals surface area contributed by atoms with E-state index in [2.05, 4.69) is 59.3 Å². The summed E-state index contributed by atoms with van der Waals surface area (Å²) in [5, 5.41) is 14.9. The fourth-order valence-corrected chi connectivity index (χ4v) is 3.77. The van der Waals surface area contributed by atoms with Crippen LogP contribution in [0.5, 0.6) is 0 Å². The monoisotopic (exact) mass is 342 g/mol. The summed E-state index contributed by atoms with van der Waals surface area (Å²) >= 11 is 0. The van der Waals surface area contributed by atoms with Crippen molar-refractivity contribution in [3.8, 4) is 0 Å². The molecule has 5 nitrogen and oxygen atoms in total. The van der Waals surface area contributed by atoms with Crippen molar-refractivity contribution in [2.45, 2.75) is 45.0 Å². The van der Waals surface area contributed by atoms with Crippen molar-refractivity contribution < 1.29 is 5.11 Å². The third-order valence-electron chi connectivity index (χ3n) is 4.92. The first-order valence-electron chi connectivity index (χ1n) is 9.24. The molecule has 2 heterocycles. The number of aryl methyl sites for hydroxylation is 1. The molecule has 1 N–H and O–H groups in total. The lowest BCUT2D eigenvalue weighted by Crippen LogP contribution is -2.42. The van der Waals surface area contributed by atoms with Gasteiger partial charge in [-0.15, -0.1) is 0 Å². The molecular formula is C20H30N4O. The first-order valence-corrected chi connectivity index (χ1v) is 9.24. The number of hydrogen-bond donors (Lipinski definition) is 1. The fraction of sp³-hybridized carbons (Fsp3) is 0.550. The molecule has 0 bridgehead atoms. The molecule has 0 spiro atoms. The molecule has 1 aromatic carbocycles. The second kappa shape index (κ2) is 8.61. The summed E-state index contributed by atoms with van der Waals surface area (Å²) in [7, 11) is 2.07. The van der Waals surface area contributed by atoms with Crippen LogP contribution in [0.1, 0.15) is 24.0 Å². The Labute approximate surface area is 150 Å². The molecule has 1 saturated heterocycles. The number of rotatable bonds is 8. The number of benzene rings is 1. The summed E-state index contributed by atoms with van der Waals surface area (Å²) in [6.45, 7) is 6.37. The van der Waals surface area contributed by atoms with Crippen molar-refractivity contribution >= 4 is 0 Å². The van der Waals surface area contributed by atoms with Gasteiger partial charge in [0.15, 0.2) is 0 Å². The average molecular weight is 342 g/mol. The van der Waals surface area contributed by atoms with Gasteiger partial charge in [-0.1, -0.05) is 30.3 Å². The Kier molecular flexibility index (Phi) is 6.24. The van der Waals surface area contributed by atoms with Gasteiger partial charge < -0.3 is 5.11 Å². The molecule has 3 rings (SSSR count). The van der Waals surface area contributed by atoms with E-state index in [1.54, 1.807) is 0 Å².